The number of carbonyl (C=O) groups excluding carboxylic acids is 2. The summed E-state index contributed by atoms with van der Waals surface area (Å²) in [4.78, 5) is 46.9. The molecule has 0 aliphatic rings. The predicted octanol–water partition coefficient (Wildman–Crippen LogP) is 5.06. The first-order valence-electron chi connectivity index (χ1n) is 11.8. The number of ether oxygens (including phenoxy) is 2. The lowest BCUT2D eigenvalue weighted by molar-refractivity contribution is 0.0482. The Balaban J connectivity index is 0.000000201. The Morgan fingerprint density at radius 1 is 0.722 bits per heavy atom. The van der Waals surface area contributed by atoms with E-state index < -0.39 is 11.9 Å². The van der Waals surface area contributed by atoms with Crippen molar-refractivity contribution in [3.8, 4) is 0 Å². The van der Waals surface area contributed by atoms with Crippen molar-refractivity contribution in [1.82, 2.24) is 0 Å². The molecule has 8 heteroatoms. The SMILES string of the molecule is CCOC(=O)c1cc(=O)c2ccc(CC)cc2o1.CCOC(=O)c1cc(=O)c2cccc(CC)c2o1. The lowest BCUT2D eigenvalue weighted by atomic mass is 10.1. The molecule has 0 spiro atoms. The van der Waals surface area contributed by atoms with Gasteiger partial charge in [-0.25, -0.2) is 9.59 Å². The summed E-state index contributed by atoms with van der Waals surface area (Å²) >= 11 is 0. The zero-order valence-electron chi connectivity index (χ0n) is 20.7. The van der Waals surface area contributed by atoms with Crippen LogP contribution in [0, 0.1) is 0 Å². The average molecular weight is 493 g/mol. The van der Waals surface area contributed by atoms with E-state index in [4.69, 9.17) is 18.3 Å². The molecule has 0 aliphatic heterocycles. The summed E-state index contributed by atoms with van der Waals surface area (Å²) in [5.41, 5.74) is 2.37. The maximum atomic E-state index is 11.9. The van der Waals surface area contributed by atoms with Crippen LogP contribution in [0.3, 0.4) is 0 Å². The van der Waals surface area contributed by atoms with Crippen molar-refractivity contribution >= 4 is 33.9 Å². The topological polar surface area (TPSA) is 113 Å². The number of para-hydroxylation sites is 1. The van der Waals surface area contributed by atoms with Crippen molar-refractivity contribution in [2.45, 2.75) is 40.5 Å². The summed E-state index contributed by atoms with van der Waals surface area (Å²) in [6.07, 6.45) is 1.57. The van der Waals surface area contributed by atoms with Crippen LogP contribution in [0.5, 0.6) is 0 Å². The van der Waals surface area contributed by atoms with Gasteiger partial charge in [0.2, 0.25) is 11.5 Å². The monoisotopic (exact) mass is 492 g/mol. The van der Waals surface area contributed by atoms with E-state index in [2.05, 4.69) is 0 Å². The minimum absolute atomic E-state index is 0.0461. The molecule has 0 saturated heterocycles. The largest absolute Gasteiger partial charge is 0.460 e. The van der Waals surface area contributed by atoms with Gasteiger partial charge < -0.3 is 18.3 Å². The highest BCUT2D eigenvalue weighted by Crippen LogP contribution is 2.19. The maximum Gasteiger partial charge on any atom is 0.374 e. The molecule has 36 heavy (non-hydrogen) atoms. The molecule has 2 aromatic heterocycles. The van der Waals surface area contributed by atoms with Crippen LogP contribution in [0.2, 0.25) is 0 Å². The zero-order chi connectivity index (χ0) is 26.2. The van der Waals surface area contributed by atoms with Gasteiger partial charge in [0, 0.05) is 12.1 Å². The molecular weight excluding hydrogens is 464 g/mol. The predicted molar refractivity (Wildman–Crippen MR) is 136 cm³/mol. The summed E-state index contributed by atoms with van der Waals surface area (Å²) in [5.74, 6) is -1.32. The van der Waals surface area contributed by atoms with Crippen LogP contribution in [0.15, 0.2) is 67.0 Å². The fourth-order valence-corrected chi connectivity index (χ4v) is 3.54. The zero-order valence-corrected chi connectivity index (χ0v) is 20.7. The van der Waals surface area contributed by atoms with Gasteiger partial charge >= 0.3 is 11.9 Å². The highest BCUT2D eigenvalue weighted by atomic mass is 16.5. The number of aryl methyl sites for hydroxylation is 2. The molecule has 0 unspecified atom stereocenters. The third-order valence-corrected chi connectivity index (χ3v) is 5.37. The van der Waals surface area contributed by atoms with Gasteiger partial charge in [-0.05, 0) is 56.0 Å². The molecule has 188 valence electrons. The second-order valence-corrected chi connectivity index (χ2v) is 7.72. The van der Waals surface area contributed by atoms with Gasteiger partial charge in [0.25, 0.3) is 0 Å². The quantitative estimate of drug-likeness (QED) is 0.343. The molecule has 2 heterocycles. The highest BCUT2D eigenvalue weighted by Gasteiger charge is 2.15. The van der Waals surface area contributed by atoms with E-state index in [0.29, 0.717) is 21.9 Å². The Hall–Kier alpha value is -4.20. The average Bonchev–Trinajstić information content (AvgIpc) is 2.88. The summed E-state index contributed by atoms with van der Waals surface area (Å²) < 4.78 is 20.6. The van der Waals surface area contributed by atoms with Gasteiger partial charge in [0.1, 0.15) is 11.2 Å². The summed E-state index contributed by atoms with van der Waals surface area (Å²) in [6, 6.07) is 13.1. The minimum Gasteiger partial charge on any atom is -0.460 e. The summed E-state index contributed by atoms with van der Waals surface area (Å²) in [5, 5.41) is 0.961. The number of esters is 2. The first-order valence-corrected chi connectivity index (χ1v) is 11.8. The molecule has 4 rings (SSSR count). The molecule has 8 nitrogen and oxygen atoms in total. The Morgan fingerprint density at radius 2 is 1.33 bits per heavy atom. The Kier molecular flexibility index (Phi) is 8.78. The van der Waals surface area contributed by atoms with Gasteiger partial charge in [-0.15, -0.1) is 0 Å². The molecule has 0 amide bonds. The third kappa shape index (κ3) is 5.89. The van der Waals surface area contributed by atoms with Gasteiger partial charge in [0.15, 0.2) is 10.9 Å². The number of benzene rings is 2. The van der Waals surface area contributed by atoms with E-state index >= 15 is 0 Å². The lowest BCUT2D eigenvalue weighted by Crippen LogP contribution is -2.10. The van der Waals surface area contributed by atoms with E-state index in [1.165, 1.54) is 12.1 Å². The second-order valence-electron chi connectivity index (χ2n) is 7.72. The minimum atomic E-state index is -0.613. The molecule has 2 aromatic carbocycles. The first kappa shape index (κ1) is 26.4. The summed E-state index contributed by atoms with van der Waals surface area (Å²) in [7, 11) is 0. The van der Waals surface area contributed by atoms with Crippen LogP contribution in [0.25, 0.3) is 21.9 Å². The molecule has 0 fully saturated rings. The van der Waals surface area contributed by atoms with Gasteiger partial charge in [-0.3, -0.25) is 9.59 Å². The Labute approximate surface area is 207 Å². The molecule has 4 aromatic rings. The van der Waals surface area contributed by atoms with Crippen LogP contribution in [-0.4, -0.2) is 25.2 Å². The number of hydrogen-bond donors (Lipinski definition) is 0. The fraction of sp³-hybridized carbons (Fsp3) is 0.286. The molecule has 0 radical (unpaired) electrons. The van der Waals surface area contributed by atoms with E-state index in [1.54, 1.807) is 32.0 Å². The van der Waals surface area contributed by atoms with Crippen molar-refractivity contribution in [2.75, 3.05) is 13.2 Å². The highest BCUT2D eigenvalue weighted by molar-refractivity contribution is 5.90. The van der Waals surface area contributed by atoms with Gasteiger partial charge in [-0.1, -0.05) is 32.0 Å². The van der Waals surface area contributed by atoms with Gasteiger partial charge in [-0.2, -0.15) is 0 Å². The van der Waals surface area contributed by atoms with E-state index in [1.807, 2.05) is 32.0 Å². The van der Waals surface area contributed by atoms with Crippen molar-refractivity contribution in [3.63, 3.8) is 0 Å². The standard InChI is InChI=1S/2C14H14O4/c1-3-9-5-6-10-11(15)8-13(14(16)17-4-2)18-12(10)7-9;1-3-9-6-5-7-10-11(15)8-12(18-13(9)10)14(16)17-4-2/h2*5-8H,3-4H2,1-2H3. The Morgan fingerprint density at radius 3 is 1.92 bits per heavy atom. The van der Waals surface area contributed by atoms with Crippen molar-refractivity contribution in [1.29, 1.82) is 0 Å². The fourth-order valence-electron chi connectivity index (χ4n) is 3.54. The second kappa shape index (κ2) is 12.0. The van der Waals surface area contributed by atoms with Crippen LogP contribution >= 0.6 is 0 Å². The van der Waals surface area contributed by atoms with Crippen molar-refractivity contribution in [3.05, 3.63) is 91.6 Å². The van der Waals surface area contributed by atoms with Crippen LogP contribution in [0.4, 0.5) is 0 Å². The van der Waals surface area contributed by atoms with Crippen molar-refractivity contribution < 1.29 is 27.9 Å². The first-order chi connectivity index (χ1) is 17.3. The third-order valence-electron chi connectivity index (χ3n) is 5.37. The number of hydrogen-bond acceptors (Lipinski definition) is 8. The van der Waals surface area contributed by atoms with E-state index in [-0.39, 0.29) is 35.6 Å². The Bertz CT molecular complexity index is 1510. The lowest BCUT2D eigenvalue weighted by Gasteiger charge is -2.05. The molecule has 0 atom stereocenters. The number of fused-ring (bicyclic) bond motifs is 2. The molecule has 0 aliphatic carbocycles. The van der Waals surface area contributed by atoms with Crippen LogP contribution < -0.4 is 10.9 Å². The molecule has 0 bridgehead atoms. The van der Waals surface area contributed by atoms with Crippen LogP contribution in [-0.2, 0) is 22.3 Å². The smallest absolute Gasteiger partial charge is 0.374 e. The normalized spacial score (nSPS) is 10.6. The molecule has 0 N–H and O–H groups in total. The van der Waals surface area contributed by atoms with Crippen molar-refractivity contribution in [2.24, 2.45) is 0 Å². The maximum absolute atomic E-state index is 11.9. The number of carbonyl (C=O) groups is 2. The van der Waals surface area contributed by atoms with E-state index in [0.717, 1.165) is 24.0 Å². The van der Waals surface area contributed by atoms with E-state index in [9.17, 15) is 19.2 Å². The molecular formula is C28H28O8. The van der Waals surface area contributed by atoms with Gasteiger partial charge in [0.05, 0.1) is 24.0 Å². The van der Waals surface area contributed by atoms with Crippen LogP contribution in [0.1, 0.15) is 59.9 Å². The molecule has 0 saturated carbocycles. The summed E-state index contributed by atoms with van der Waals surface area (Å²) in [6.45, 7) is 7.87. The number of rotatable bonds is 6.